The number of hydrogen-bond acceptors (Lipinski definition) is 5. The molecule has 8 heteroatoms. The summed E-state index contributed by atoms with van der Waals surface area (Å²) in [4.78, 5) is 7.28. The van der Waals surface area contributed by atoms with E-state index >= 15 is 0 Å². The topological polar surface area (TPSA) is 70.1 Å². The SMILES string of the molecule is CNc1nc(NCC2(CO)CC2)cc(C(F)(F)F)n1. The lowest BCUT2D eigenvalue weighted by molar-refractivity contribution is -0.141. The first kappa shape index (κ1) is 13.9. The molecule has 3 N–H and O–H groups in total. The summed E-state index contributed by atoms with van der Waals surface area (Å²) in [6.45, 7) is 0.428. The highest BCUT2D eigenvalue weighted by Crippen LogP contribution is 2.45. The largest absolute Gasteiger partial charge is 0.433 e. The summed E-state index contributed by atoms with van der Waals surface area (Å²) < 4.78 is 38.0. The quantitative estimate of drug-likeness (QED) is 0.764. The maximum absolute atomic E-state index is 12.7. The van der Waals surface area contributed by atoms with Gasteiger partial charge in [-0.2, -0.15) is 18.2 Å². The van der Waals surface area contributed by atoms with Crippen LogP contribution in [-0.2, 0) is 6.18 Å². The van der Waals surface area contributed by atoms with Gasteiger partial charge in [0.05, 0.1) is 6.61 Å². The van der Waals surface area contributed by atoms with Crippen LogP contribution in [-0.4, -0.2) is 35.3 Å². The Hall–Kier alpha value is -1.57. The molecule has 1 fully saturated rings. The molecule has 0 spiro atoms. The minimum absolute atomic E-state index is 0.0239. The molecule has 1 aromatic heterocycles. The molecule has 0 aromatic carbocycles. The summed E-state index contributed by atoms with van der Waals surface area (Å²) in [5.74, 6) is 0.0116. The number of nitrogens with one attached hydrogen (secondary N) is 2. The van der Waals surface area contributed by atoms with Crippen LogP contribution in [0.1, 0.15) is 18.5 Å². The molecule has 0 aliphatic heterocycles. The first-order valence-corrected chi connectivity index (χ1v) is 5.87. The smallest absolute Gasteiger partial charge is 0.396 e. The molecule has 5 nitrogen and oxygen atoms in total. The standard InChI is InChI=1S/C11H15F3N4O/c1-15-9-17-7(11(12,13)14)4-8(18-9)16-5-10(6-19)2-3-10/h4,19H,2-3,5-6H2,1H3,(H2,15,16,17,18). The van der Waals surface area contributed by atoms with Gasteiger partial charge in [0, 0.05) is 25.1 Å². The molecule has 0 atom stereocenters. The Balaban J connectivity index is 2.15. The zero-order valence-corrected chi connectivity index (χ0v) is 10.4. The number of alkyl halides is 3. The van der Waals surface area contributed by atoms with Crippen molar-refractivity contribution in [2.24, 2.45) is 5.41 Å². The lowest BCUT2D eigenvalue weighted by Crippen LogP contribution is -2.20. The van der Waals surface area contributed by atoms with Gasteiger partial charge in [-0.25, -0.2) is 4.98 Å². The Morgan fingerprint density at radius 3 is 2.53 bits per heavy atom. The molecule has 1 aliphatic rings. The molecule has 1 saturated carbocycles. The van der Waals surface area contributed by atoms with E-state index in [0.29, 0.717) is 6.54 Å². The molecule has 0 unspecified atom stereocenters. The fourth-order valence-electron chi connectivity index (χ4n) is 1.64. The highest BCUT2D eigenvalue weighted by molar-refractivity contribution is 5.43. The van der Waals surface area contributed by atoms with Crippen molar-refractivity contribution < 1.29 is 18.3 Å². The first-order chi connectivity index (χ1) is 8.88. The molecule has 0 amide bonds. The highest BCUT2D eigenvalue weighted by atomic mass is 19.4. The van der Waals surface area contributed by atoms with Crippen molar-refractivity contribution in [3.63, 3.8) is 0 Å². The van der Waals surface area contributed by atoms with E-state index in [1.807, 2.05) is 0 Å². The van der Waals surface area contributed by atoms with Crippen molar-refractivity contribution in [1.82, 2.24) is 9.97 Å². The maximum Gasteiger partial charge on any atom is 0.433 e. The van der Waals surface area contributed by atoms with Gasteiger partial charge in [-0.1, -0.05) is 0 Å². The van der Waals surface area contributed by atoms with E-state index in [-0.39, 0.29) is 23.8 Å². The fourth-order valence-corrected chi connectivity index (χ4v) is 1.64. The summed E-state index contributed by atoms with van der Waals surface area (Å²) in [5.41, 5.74) is -1.20. The van der Waals surface area contributed by atoms with E-state index in [1.54, 1.807) is 0 Å². The third-order valence-electron chi connectivity index (χ3n) is 3.18. The van der Waals surface area contributed by atoms with Gasteiger partial charge in [0.2, 0.25) is 5.95 Å². The third-order valence-corrected chi connectivity index (χ3v) is 3.18. The molecular formula is C11H15F3N4O. The van der Waals surface area contributed by atoms with E-state index in [0.717, 1.165) is 18.9 Å². The van der Waals surface area contributed by atoms with Crippen LogP contribution >= 0.6 is 0 Å². The number of halogens is 3. The molecule has 2 rings (SSSR count). The first-order valence-electron chi connectivity index (χ1n) is 5.87. The predicted octanol–water partition coefficient (Wildman–Crippen LogP) is 1.72. The van der Waals surface area contributed by atoms with Crippen molar-refractivity contribution in [2.45, 2.75) is 19.0 Å². The van der Waals surface area contributed by atoms with Gasteiger partial charge in [-0.15, -0.1) is 0 Å². The zero-order valence-electron chi connectivity index (χ0n) is 10.4. The van der Waals surface area contributed by atoms with Crippen LogP contribution in [0, 0.1) is 5.41 Å². The van der Waals surface area contributed by atoms with Crippen molar-refractivity contribution in [3.8, 4) is 0 Å². The van der Waals surface area contributed by atoms with Gasteiger partial charge in [-0.05, 0) is 12.8 Å². The fraction of sp³-hybridized carbons (Fsp3) is 0.636. The van der Waals surface area contributed by atoms with Crippen molar-refractivity contribution in [3.05, 3.63) is 11.8 Å². The van der Waals surface area contributed by atoms with Gasteiger partial charge in [-0.3, -0.25) is 0 Å². The molecule has 0 radical (unpaired) electrons. The lowest BCUT2D eigenvalue weighted by Gasteiger charge is -2.15. The predicted molar refractivity (Wildman–Crippen MR) is 63.8 cm³/mol. The van der Waals surface area contributed by atoms with Crippen molar-refractivity contribution in [2.75, 3.05) is 30.8 Å². The summed E-state index contributed by atoms with van der Waals surface area (Å²) in [6, 6.07) is 0.869. The molecule has 19 heavy (non-hydrogen) atoms. The van der Waals surface area contributed by atoms with Gasteiger partial charge < -0.3 is 15.7 Å². The number of aliphatic hydroxyl groups is 1. The van der Waals surface area contributed by atoms with Crippen molar-refractivity contribution >= 4 is 11.8 Å². The second kappa shape index (κ2) is 4.84. The van der Waals surface area contributed by atoms with Crippen molar-refractivity contribution in [1.29, 1.82) is 0 Å². The Bertz CT molecular complexity index is 460. The normalized spacial score (nSPS) is 17.1. The average molecular weight is 276 g/mol. The number of aliphatic hydroxyl groups excluding tert-OH is 1. The second-order valence-electron chi connectivity index (χ2n) is 4.72. The average Bonchev–Trinajstić information content (AvgIpc) is 3.15. The third kappa shape index (κ3) is 3.25. The molecule has 1 aliphatic carbocycles. The van der Waals surface area contributed by atoms with E-state index < -0.39 is 11.9 Å². The minimum Gasteiger partial charge on any atom is -0.396 e. The van der Waals surface area contributed by atoms with Crippen LogP contribution in [0.25, 0.3) is 0 Å². The van der Waals surface area contributed by atoms with Crippen LogP contribution in [0.3, 0.4) is 0 Å². The van der Waals surface area contributed by atoms with E-state index in [1.165, 1.54) is 7.05 Å². The van der Waals surface area contributed by atoms with Crippen LogP contribution in [0.5, 0.6) is 0 Å². The molecule has 0 saturated heterocycles. The molecule has 1 aromatic rings. The zero-order chi connectivity index (χ0) is 14.1. The summed E-state index contributed by atoms with van der Waals surface area (Å²) >= 11 is 0. The maximum atomic E-state index is 12.7. The van der Waals surface area contributed by atoms with Gasteiger partial charge in [0.25, 0.3) is 0 Å². The Morgan fingerprint density at radius 1 is 1.37 bits per heavy atom. The van der Waals surface area contributed by atoms with E-state index in [9.17, 15) is 13.2 Å². The summed E-state index contributed by atoms with van der Waals surface area (Å²) in [5, 5.41) is 14.5. The molecule has 106 valence electrons. The number of rotatable bonds is 5. The Morgan fingerprint density at radius 2 is 2.05 bits per heavy atom. The molecular weight excluding hydrogens is 261 g/mol. The van der Waals surface area contributed by atoms with E-state index in [4.69, 9.17) is 5.11 Å². The number of nitrogens with zero attached hydrogens (tertiary/aromatic N) is 2. The van der Waals surface area contributed by atoms with Gasteiger partial charge in [0.1, 0.15) is 5.82 Å². The van der Waals surface area contributed by atoms with Gasteiger partial charge in [0.15, 0.2) is 5.69 Å². The van der Waals surface area contributed by atoms with Crippen LogP contribution in [0.2, 0.25) is 0 Å². The molecule has 0 bridgehead atoms. The number of hydrogen-bond donors (Lipinski definition) is 3. The van der Waals surface area contributed by atoms with Crippen LogP contribution in [0.4, 0.5) is 24.9 Å². The second-order valence-corrected chi connectivity index (χ2v) is 4.72. The monoisotopic (exact) mass is 276 g/mol. The molecule has 1 heterocycles. The van der Waals surface area contributed by atoms with Gasteiger partial charge >= 0.3 is 6.18 Å². The Labute approximate surface area is 108 Å². The summed E-state index contributed by atoms with van der Waals surface area (Å²) in [7, 11) is 1.45. The Kier molecular flexibility index (Phi) is 3.53. The van der Waals surface area contributed by atoms with Crippen LogP contribution in [0.15, 0.2) is 6.07 Å². The number of aromatic nitrogens is 2. The lowest BCUT2D eigenvalue weighted by atomic mass is 10.1. The number of anilines is 2. The minimum atomic E-state index is -4.51. The highest BCUT2D eigenvalue weighted by Gasteiger charge is 2.42. The van der Waals surface area contributed by atoms with Crippen LogP contribution < -0.4 is 10.6 Å². The van der Waals surface area contributed by atoms with E-state index in [2.05, 4.69) is 20.6 Å². The summed E-state index contributed by atoms with van der Waals surface area (Å²) in [6.07, 6.45) is -2.78.